The van der Waals surface area contributed by atoms with Crippen molar-refractivity contribution < 1.29 is 9.53 Å². The van der Waals surface area contributed by atoms with Crippen molar-refractivity contribution in [3.63, 3.8) is 0 Å². The van der Waals surface area contributed by atoms with Gasteiger partial charge in [-0.1, -0.05) is 6.07 Å². The second kappa shape index (κ2) is 6.12. The van der Waals surface area contributed by atoms with Crippen molar-refractivity contribution >= 4 is 5.91 Å². The van der Waals surface area contributed by atoms with Crippen LogP contribution in [0.1, 0.15) is 24.1 Å². The van der Waals surface area contributed by atoms with Gasteiger partial charge >= 0.3 is 0 Å². The lowest BCUT2D eigenvalue weighted by molar-refractivity contribution is -0.146. The van der Waals surface area contributed by atoms with E-state index in [1.807, 2.05) is 19.1 Å². The summed E-state index contributed by atoms with van der Waals surface area (Å²) in [7, 11) is 1.61. The van der Waals surface area contributed by atoms with Gasteiger partial charge in [-0.3, -0.25) is 9.78 Å². The van der Waals surface area contributed by atoms with Gasteiger partial charge in [0.15, 0.2) is 0 Å². The molecule has 1 aromatic heterocycles. The molecular formula is C14H21N3O2. The average Bonchev–Trinajstić information content (AvgIpc) is 2.46. The van der Waals surface area contributed by atoms with Crippen molar-refractivity contribution in [2.45, 2.75) is 31.9 Å². The number of piperidine rings is 1. The van der Waals surface area contributed by atoms with E-state index in [9.17, 15) is 4.79 Å². The highest BCUT2D eigenvalue weighted by molar-refractivity contribution is 5.85. The van der Waals surface area contributed by atoms with Crippen molar-refractivity contribution in [2.24, 2.45) is 0 Å². The summed E-state index contributed by atoms with van der Waals surface area (Å²) in [6.07, 6.45) is 3.15. The molecule has 2 heterocycles. The summed E-state index contributed by atoms with van der Waals surface area (Å²) in [4.78, 5) is 16.6. The molecule has 1 fully saturated rings. The van der Waals surface area contributed by atoms with E-state index >= 15 is 0 Å². The number of carbonyl (C=O) groups is 1. The first-order valence-electron chi connectivity index (χ1n) is 6.62. The van der Waals surface area contributed by atoms with E-state index in [2.05, 4.69) is 15.6 Å². The van der Waals surface area contributed by atoms with Crippen LogP contribution >= 0.6 is 0 Å². The number of aryl methyl sites for hydroxylation is 1. The molecular weight excluding hydrogens is 242 g/mol. The minimum absolute atomic E-state index is 0.0402. The smallest absolute Gasteiger partial charge is 0.252 e. The number of pyridine rings is 1. The van der Waals surface area contributed by atoms with Gasteiger partial charge < -0.3 is 15.4 Å². The van der Waals surface area contributed by atoms with Gasteiger partial charge in [0.25, 0.3) is 5.91 Å². The van der Waals surface area contributed by atoms with Gasteiger partial charge in [-0.2, -0.15) is 0 Å². The van der Waals surface area contributed by atoms with E-state index in [1.165, 1.54) is 0 Å². The number of amides is 1. The second-order valence-corrected chi connectivity index (χ2v) is 4.90. The van der Waals surface area contributed by atoms with Crippen molar-refractivity contribution in [1.82, 2.24) is 15.6 Å². The van der Waals surface area contributed by atoms with E-state index in [0.29, 0.717) is 19.4 Å². The van der Waals surface area contributed by atoms with E-state index in [-0.39, 0.29) is 5.91 Å². The maximum absolute atomic E-state index is 12.3. The molecule has 0 aromatic carbocycles. The van der Waals surface area contributed by atoms with Gasteiger partial charge in [0.2, 0.25) is 0 Å². The Hall–Kier alpha value is -1.46. The van der Waals surface area contributed by atoms with Crippen molar-refractivity contribution in [3.05, 3.63) is 29.6 Å². The fraction of sp³-hybridized carbons (Fsp3) is 0.571. The minimum atomic E-state index is -0.687. The molecule has 1 amide bonds. The molecule has 2 rings (SSSR count). The fourth-order valence-electron chi connectivity index (χ4n) is 2.38. The van der Waals surface area contributed by atoms with E-state index in [4.69, 9.17) is 4.74 Å². The molecule has 19 heavy (non-hydrogen) atoms. The Balaban J connectivity index is 1.98. The first-order chi connectivity index (χ1) is 9.18. The number of methoxy groups -OCH3 is 1. The van der Waals surface area contributed by atoms with Crippen molar-refractivity contribution in [1.29, 1.82) is 0 Å². The third kappa shape index (κ3) is 3.11. The highest BCUT2D eigenvalue weighted by Gasteiger charge is 2.39. The summed E-state index contributed by atoms with van der Waals surface area (Å²) in [5.41, 5.74) is 1.30. The van der Waals surface area contributed by atoms with Crippen LogP contribution in [-0.4, -0.2) is 36.7 Å². The zero-order valence-corrected chi connectivity index (χ0v) is 11.5. The predicted molar refractivity (Wildman–Crippen MR) is 72.7 cm³/mol. The van der Waals surface area contributed by atoms with E-state index in [0.717, 1.165) is 24.3 Å². The van der Waals surface area contributed by atoms with Crippen LogP contribution in [0.4, 0.5) is 0 Å². The molecule has 0 unspecified atom stereocenters. The number of hydrogen-bond acceptors (Lipinski definition) is 4. The maximum atomic E-state index is 12.3. The van der Waals surface area contributed by atoms with Gasteiger partial charge in [0, 0.05) is 13.3 Å². The average molecular weight is 263 g/mol. The third-order valence-electron chi connectivity index (χ3n) is 3.75. The van der Waals surface area contributed by atoms with Gasteiger partial charge in [-0.25, -0.2) is 0 Å². The van der Waals surface area contributed by atoms with Gasteiger partial charge in [0.05, 0.1) is 12.2 Å². The number of rotatable bonds is 4. The Bertz CT molecular complexity index is 442. The normalized spacial score (nSPS) is 18.0. The minimum Gasteiger partial charge on any atom is -0.368 e. The standard InChI is InChI=1S/C14H21N3O2/c1-11-4-3-7-16-12(11)10-17-13(18)14(19-2)5-8-15-9-6-14/h3-4,7,15H,5-6,8-10H2,1-2H3,(H,17,18). The molecule has 1 aliphatic rings. The summed E-state index contributed by atoms with van der Waals surface area (Å²) >= 11 is 0. The number of ether oxygens (including phenoxy) is 1. The van der Waals surface area contributed by atoms with Gasteiger partial charge in [-0.05, 0) is 44.5 Å². The SMILES string of the molecule is COC1(C(=O)NCc2ncccc2C)CCNCC1. The van der Waals surface area contributed by atoms with Crippen LogP contribution in [0.25, 0.3) is 0 Å². The largest absolute Gasteiger partial charge is 0.368 e. The molecule has 2 N–H and O–H groups in total. The van der Waals surface area contributed by atoms with Crippen LogP contribution in [0, 0.1) is 6.92 Å². The lowest BCUT2D eigenvalue weighted by atomic mass is 9.91. The molecule has 0 atom stereocenters. The highest BCUT2D eigenvalue weighted by Crippen LogP contribution is 2.22. The molecule has 0 aliphatic carbocycles. The summed E-state index contributed by atoms with van der Waals surface area (Å²) in [6, 6.07) is 3.88. The van der Waals surface area contributed by atoms with Crippen LogP contribution in [0.2, 0.25) is 0 Å². The van der Waals surface area contributed by atoms with Crippen LogP contribution in [0.3, 0.4) is 0 Å². The second-order valence-electron chi connectivity index (χ2n) is 4.90. The Morgan fingerprint density at radius 1 is 1.53 bits per heavy atom. The zero-order valence-electron chi connectivity index (χ0n) is 11.5. The Labute approximate surface area is 113 Å². The molecule has 0 bridgehead atoms. The monoisotopic (exact) mass is 263 g/mol. The topological polar surface area (TPSA) is 63.2 Å². The highest BCUT2D eigenvalue weighted by atomic mass is 16.5. The predicted octanol–water partition coefficient (Wildman–Crippen LogP) is 0.775. The number of nitrogens with zero attached hydrogens (tertiary/aromatic N) is 1. The Morgan fingerprint density at radius 3 is 2.89 bits per heavy atom. The first-order valence-corrected chi connectivity index (χ1v) is 6.62. The molecule has 0 saturated carbocycles. The summed E-state index contributed by atoms with van der Waals surface area (Å²) in [6.45, 7) is 4.06. The van der Waals surface area contributed by atoms with E-state index < -0.39 is 5.60 Å². The number of nitrogens with one attached hydrogen (secondary N) is 2. The van der Waals surface area contributed by atoms with Crippen LogP contribution < -0.4 is 10.6 Å². The molecule has 104 valence electrons. The molecule has 5 nitrogen and oxygen atoms in total. The lowest BCUT2D eigenvalue weighted by Gasteiger charge is -2.34. The number of hydrogen-bond donors (Lipinski definition) is 2. The summed E-state index contributed by atoms with van der Waals surface area (Å²) in [5.74, 6) is -0.0402. The van der Waals surface area contributed by atoms with Crippen molar-refractivity contribution in [3.8, 4) is 0 Å². The molecule has 0 spiro atoms. The Kier molecular flexibility index (Phi) is 4.50. The third-order valence-corrected chi connectivity index (χ3v) is 3.75. The van der Waals surface area contributed by atoms with Crippen LogP contribution in [0.15, 0.2) is 18.3 Å². The van der Waals surface area contributed by atoms with Crippen LogP contribution in [0.5, 0.6) is 0 Å². The lowest BCUT2D eigenvalue weighted by Crippen LogP contribution is -2.54. The van der Waals surface area contributed by atoms with Crippen LogP contribution in [-0.2, 0) is 16.1 Å². The zero-order chi connectivity index (χ0) is 13.7. The maximum Gasteiger partial charge on any atom is 0.252 e. The number of carbonyl (C=O) groups excluding carboxylic acids is 1. The molecule has 5 heteroatoms. The van der Waals surface area contributed by atoms with Crippen molar-refractivity contribution in [2.75, 3.05) is 20.2 Å². The first kappa shape index (κ1) is 14.0. The summed E-state index contributed by atoms with van der Waals surface area (Å²) in [5, 5.41) is 6.19. The summed E-state index contributed by atoms with van der Waals surface area (Å²) < 4.78 is 5.49. The fourth-order valence-corrected chi connectivity index (χ4v) is 2.38. The van der Waals surface area contributed by atoms with E-state index in [1.54, 1.807) is 13.3 Å². The molecule has 1 aromatic rings. The Morgan fingerprint density at radius 2 is 2.26 bits per heavy atom. The van der Waals surface area contributed by atoms with Gasteiger partial charge in [0.1, 0.15) is 5.60 Å². The molecule has 1 saturated heterocycles. The molecule has 0 radical (unpaired) electrons. The molecule has 1 aliphatic heterocycles. The van der Waals surface area contributed by atoms with Gasteiger partial charge in [-0.15, -0.1) is 0 Å². The number of aromatic nitrogens is 1. The quantitative estimate of drug-likeness (QED) is 0.842.